The van der Waals surface area contributed by atoms with Crippen LogP contribution in [-0.2, 0) is 10.0 Å². The fourth-order valence-corrected chi connectivity index (χ4v) is 6.26. The predicted molar refractivity (Wildman–Crippen MR) is 92.6 cm³/mol. The zero-order valence-electron chi connectivity index (χ0n) is 11.9. The number of hydrogen-bond acceptors (Lipinski definition) is 3. The zero-order chi connectivity index (χ0) is 15.6. The van der Waals surface area contributed by atoms with Gasteiger partial charge in [-0.2, -0.15) is 0 Å². The van der Waals surface area contributed by atoms with Crippen LogP contribution in [0.15, 0.2) is 26.0 Å². The molecule has 1 aromatic carbocycles. The molecule has 3 N–H and O–H groups in total. The summed E-state index contributed by atoms with van der Waals surface area (Å²) in [5.41, 5.74) is 6.13. The van der Waals surface area contributed by atoms with Crippen molar-refractivity contribution in [3.63, 3.8) is 0 Å². The SMILES string of the molecule is CCC1CCCC(NS(=O)(=O)c2c(N)cc(Br)cc2Br)C1. The lowest BCUT2D eigenvalue weighted by Crippen LogP contribution is -2.38. The van der Waals surface area contributed by atoms with E-state index in [1.807, 2.05) is 0 Å². The highest BCUT2D eigenvalue weighted by Crippen LogP contribution is 2.33. The number of sulfonamides is 1. The van der Waals surface area contributed by atoms with E-state index in [4.69, 9.17) is 5.73 Å². The van der Waals surface area contributed by atoms with Crippen molar-refractivity contribution in [2.45, 2.75) is 50.0 Å². The van der Waals surface area contributed by atoms with Gasteiger partial charge in [-0.05, 0) is 46.8 Å². The van der Waals surface area contributed by atoms with Gasteiger partial charge in [-0.3, -0.25) is 0 Å². The molecule has 2 rings (SSSR count). The molecule has 7 heteroatoms. The molecular formula is C14H20Br2N2O2S. The molecular weight excluding hydrogens is 420 g/mol. The summed E-state index contributed by atoms with van der Waals surface area (Å²) in [5, 5.41) is 0. The first kappa shape index (κ1) is 17.2. The quantitative estimate of drug-likeness (QED) is 0.695. The third-order valence-corrected chi connectivity index (χ3v) is 6.97. The molecule has 4 nitrogen and oxygen atoms in total. The maximum absolute atomic E-state index is 12.6. The Kier molecular flexibility index (Phi) is 5.73. The second-order valence-electron chi connectivity index (χ2n) is 5.57. The number of nitrogen functional groups attached to an aromatic ring is 1. The molecule has 1 aliphatic carbocycles. The van der Waals surface area contributed by atoms with Crippen LogP contribution >= 0.6 is 31.9 Å². The first-order chi connectivity index (χ1) is 9.83. The van der Waals surface area contributed by atoms with Crippen LogP contribution in [-0.4, -0.2) is 14.5 Å². The Morgan fingerprint density at radius 2 is 2.05 bits per heavy atom. The summed E-state index contributed by atoms with van der Waals surface area (Å²) in [4.78, 5) is 0.129. The molecule has 0 amide bonds. The normalized spacial score (nSPS) is 23.2. The summed E-state index contributed by atoms with van der Waals surface area (Å²) in [5.74, 6) is 0.608. The summed E-state index contributed by atoms with van der Waals surface area (Å²) in [6.45, 7) is 2.16. The van der Waals surface area contributed by atoms with Gasteiger partial charge in [0.25, 0.3) is 0 Å². The highest BCUT2D eigenvalue weighted by Gasteiger charge is 2.28. The number of nitrogens with one attached hydrogen (secondary N) is 1. The minimum Gasteiger partial charge on any atom is -0.398 e. The van der Waals surface area contributed by atoms with Gasteiger partial charge in [0, 0.05) is 15.0 Å². The van der Waals surface area contributed by atoms with Crippen LogP contribution in [0.25, 0.3) is 0 Å². The number of nitrogens with two attached hydrogens (primary N) is 1. The van der Waals surface area contributed by atoms with Gasteiger partial charge in [0.1, 0.15) is 4.90 Å². The van der Waals surface area contributed by atoms with Gasteiger partial charge in [-0.15, -0.1) is 0 Å². The maximum Gasteiger partial charge on any atom is 0.243 e. The topological polar surface area (TPSA) is 72.2 Å². The van der Waals surface area contributed by atoms with E-state index in [-0.39, 0.29) is 16.6 Å². The summed E-state index contributed by atoms with van der Waals surface area (Å²) < 4.78 is 29.3. The Morgan fingerprint density at radius 1 is 1.33 bits per heavy atom. The third kappa shape index (κ3) is 4.21. The molecule has 0 bridgehead atoms. The molecule has 0 saturated heterocycles. The van der Waals surface area contributed by atoms with Crippen molar-refractivity contribution in [2.24, 2.45) is 5.92 Å². The van der Waals surface area contributed by atoms with Crippen LogP contribution in [0.3, 0.4) is 0 Å². The van der Waals surface area contributed by atoms with Gasteiger partial charge in [-0.1, -0.05) is 42.1 Å². The standard InChI is InChI=1S/C14H20Br2N2O2S/c1-2-9-4-3-5-11(6-9)18-21(19,20)14-12(16)7-10(15)8-13(14)17/h7-9,11,18H,2-6,17H2,1H3. The molecule has 1 saturated carbocycles. The minimum atomic E-state index is -3.61. The second-order valence-corrected chi connectivity index (χ2v) is 8.99. The lowest BCUT2D eigenvalue weighted by atomic mass is 9.85. The Hall–Kier alpha value is -0.110. The Labute approximate surface area is 143 Å². The lowest BCUT2D eigenvalue weighted by Gasteiger charge is -2.29. The average molecular weight is 440 g/mol. The van der Waals surface area contributed by atoms with Crippen molar-refractivity contribution in [1.29, 1.82) is 0 Å². The van der Waals surface area contributed by atoms with Crippen molar-refractivity contribution in [3.8, 4) is 0 Å². The maximum atomic E-state index is 12.6. The van der Waals surface area contributed by atoms with E-state index in [1.54, 1.807) is 12.1 Å². The number of anilines is 1. The van der Waals surface area contributed by atoms with E-state index in [1.165, 1.54) is 6.42 Å². The highest BCUT2D eigenvalue weighted by atomic mass is 79.9. The van der Waals surface area contributed by atoms with Crippen LogP contribution in [0.4, 0.5) is 5.69 Å². The molecule has 1 aliphatic rings. The van der Waals surface area contributed by atoms with Crippen molar-refractivity contribution in [1.82, 2.24) is 4.72 Å². The fraction of sp³-hybridized carbons (Fsp3) is 0.571. The minimum absolute atomic E-state index is 0.00338. The van der Waals surface area contributed by atoms with E-state index < -0.39 is 10.0 Å². The van der Waals surface area contributed by atoms with Crippen LogP contribution in [0.5, 0.6) is 0 Å². The highest BCUT2D eigenvalue weighted by molar-refractivity contribution is 9.11. The number of halogens is 2. The molecule has 0 aromatic heterocycles. The molecule has 2 unspecified atom stereocenters. The van der Waals surface area contributed by atoms with E-state index in [0.717, 1.165) is 30.2 Å². The molecule has 1 aromatic rings. The average Bonchev–Trinajstić information content (AvgIpc) is 2.36. The molecule has 2 atom stereocenters. The third-order valence-electron chi connectivity index (χ3n) is 3.99. The van der Waals surface area contributed by atoms with E-state index >= 15 is 0 Å². The Bertz CT molecular complexity index is 596. The summed E-state index contributed by atoms with van der Waals surface area (Å²) in [7, 11) is -3.61. The number of hydrogen-bond donors (Lipinski definition) is 2. The molecule has 0 aliphatic heterocycles. The largest absolute Gasteiger partial charge is 0.398 e. The van der Waals surface area contributed by atoms with E-state index in [2.05, 4.69) is 43.5 Å². The van der Waals surface area contributed by atoms with Crippen LogP contribution in [0.1, 0.15) is 39.0 Å². The molecule has 1 fully saturated rings. The predicted octanol–water partition coefficient (Wildman–Crippen LogP) is 4.04. The van der Waals surface area contributed by atoms with Crippen LogP contribution < -0.4 is 10.5 Å². The van der Waals surface area contributed by atoms with Crippen molar-refractivity contribution >= 4 is 47.6 Å². The second kappa shape index (κ2) is 6.98. The molecule has 0 radical (unpaired) electrons. The first-order valence-corrected chi connectivity index (χ1v) is 10.2. The van der Waals surface area contributed by atoms with Gasteiger partial charge in [-0.25, -0.2) is 13.1 Å². The van der Waals surface area contributed by atoms with Crippen LogP contribution in [0, 0.1) is 5.92 Å². The first-order valence-electron chi connectivity index (χ1n) is 7.10. The van der Waals surface area contributed by atoms with Gasteiger partial charge in [0.05, 0.1) is 5.69 Å². The van der Waals surface area contributed by atoms with Gasteiger partial charge in [0.2, 0.25) is 10.0 Å². The van der Waals surface area contributed by atoms with Crippen LogP contribution in [0.2, 0.25) is 0 Å². The lowest BCUT2D eigenvalue weighted by molar-refractivity contribution is 0.301. The smallest absolute Gasteiger partial charge is 0.243 e. The molecule has 21 heavy (non-hydrogen) atoms. The fourth-order valence-electron chi connectivity index (χ4n) is 2.91. The van der Waals surface area contributed by atoms with Gasteiger partial charge in [0.15, 0.2) is 0 Å². The Balaban J connectivity index is 2.23. The molecule has 0 spiro atoms. The number of rotatable bonds is 4. The summed E-state index contributed by atoms with van der Waals surface area (Å²) in [6.07, 6.45) is 5.16. The Morgan fingerprint density at radius 3 is 2.67 bits per heavy atom. The van der Waals surface area contributed by atoms with Crippen molar-refractivity contribution in [3.05, 3.63) is 21.1 Å². The van der Waals surface area contributed by atoms with Gasteiger partial charge < -0.3 is 5.73 Å². The van der Waals surface area contributed by atoms with Crippen molar-refractivity contribution < 1.29 is 8.42 Å². The summed E-state index contributed by atoms with van der Waals surface area (Å²) in [6, 6.07) is 3.30. The van der Waals surface area contributed by atoms with Crippen molar-refractivity contribution in [2.75, 3.05) is 5.73 Å². The van der Waals surface area contributed by atoms with E-state index in [0.29, 0.717) is 10.4 Å². The van der Waals surface area contributed by atoms with E-state index in [9.17, 15) is 8.42 Å². The molecule has 118 valence electrons. The van der Waals surface area contributed by atoms with Gasteiger partial charge >= 0.3 is 0 Å². The summed E-state index contributed by atoms with van der Waals surface area (Å²) >= 11 is 6.60. The molecule has 0 heterocycles. The zero-order valence-corrected chi connectivity index (χ0v) is 15.9. The monoisotopic (exact) mass is 438 g/mol. The number of benzene rings is 1.